The van der Waals surface area contributed by atoms with Gasteiger partial charge in [-0.1, -0.05) is 0 Å². The van der Waals surface area contributed by atoms with Crippen molar-refractivity contribution in [2.24, 2.45) is 0 Å². The smallest absolute Gasteiger partial charge is 0.315 e. The van der Waals surface area contributed by atoms with Gasteiger partial charge in [-0.2, -0.15) is 4.31 Å². The van der Waals surface area contributed by atoms with Gasteiger partial charge in [-0.15, -0.1) is 0 Å². The van der Waals surface area contributed by atoms with Gasteiger partial charge in [0.05, 0.1) is 18.9 Å². The summed E-state index contributed by atoms with van der Waals surface area (Å²) in [6, 6.07) is -0.322. The van der Waals surface area contributed by atoms with Gasteiger partial charge in [0, 0.05) is 25.7 Å². The Balaban J connectivity index is 1.75. The molecular weight excluding hydrogens is 282 g/mol. The van der Waals surface area contributed by atoms with E-state index in [0.29, 0.717) is 19.7 Å². The van der Waals surface area contributed by atoms with E-state index < -0.39 is 10.0 Å². The molecule has 2 amide bonds. The minimum absolute atomic E-state index is 0.0540. The predicted octanol–water partition coefficient (Wildman–Crippen LogP) is -0.111. The summed E-state index contributed by atoms with van der Waals surface area (Å²) in [4.78, 5) is 11.8. The third-order valence-corrected chi connectivity index (χ3v) is 5.08. The molecule has 0 aromatic heterocycles. The SMILES string of the molecule is CS(=O)(=O)N1CCC[C@@H]1CNC(=O)N[C@@H]1CCCOC1. The summed E-state index contributed by atoms with van der Waals surface area (Å²) < 4.78 is 29.9. The molecule has 116 valence electrons. The molecule has 2 rings (SSSR count). The van der Waals surface area contributed by atoms with Gasteiger partial charge >= 0.3 is 6.03 Å². The first-order valence-electron chi connectivity index (χ1n) is 7.06. The third-order valence-electron chi connectivity index (χ3n) is 3.74. The fraction of sp³-hybridized carbons (Fsp3) is 0.917. The largest absolute Gasteiger partial charge is 0.379 e. The monoisotopic (exact) mass is 305 g/mol. The second-order valence-electron chi connectivity index (χ2n) is 5.44. The van der Waals surface area contributed by atoms with Gasteiger partial charge in [-0.3, -0.25) is 0 Å². The van der Waals surface area contributed by atoms with Crippen LogP contribution in [-0.2, 0) is 14.8 Å². The van der Waals surface area contributed by atoms with Crippen molar-refractivity contribution in [2.45, 2.75) is 37.8 Å². The molecule has 0 spiro atoms. The van der Waals surface area contributed by atoms with Crippen molar-refractivity contribution >= 4 is 16.1 Å². The number of nitrogens with one attached hydrogen (secondary N) is 2. The summed E-state index contributed by atoms with van der Waals surface area (Å²) in [7, 11) is -3.19. The van der Waals surface area contributed by atoms with E-state index in [1.807, 2.05) is 0 Å². The van der Waals surface area contributed by atoms with E-state index in [1.165, 1.54) is 10.6 Å². The van der Waals surface area contributed by atoms with Crippen molar-refractivity contribution in [1.29, 1.82) is 0 Å². The van der Waals surface area contributed by atoms with E-state index in [4.69, 9.17) is 4.74 Å². The maximum absolute atomic E-state index is 11.8. The Morgan fingerprint density at radius 3 is 2.80 bits per heavy atom. The maximum atomic E-state index is 11.8. The fourth-order valence-electron chi connectivity index (χ4n) is 2.75. The Morgan fingerprint density at radius 1 is 1.35 bits per heavy atom. The van der Waals surface area contributed by atoms with Crippen LogP contribution in [0.5, 0.6) is 0 Å². The number of urea groups is 1. The molecule has 0 aliphatic carbocycles. The van der Waals surface area contributed by atoms with Crippen LogP contribution in [0.25, 0.3) is 0 Å². The van der Waals surface area contributed by atoms with Crippen LogP contribution < -0.4 is 10.6 Å². The Kier molecular flexibility index (Phi) is 5.22. The number of carbonyl (C=O) groups excluding carboxylic acids is 1. The van der Waals surface area contributed by atoms with Crippen molar-refractivity contribution in [1.82, 2.24) is 14.9 Å². The minimum atomic E-state index is -3.19. The van der Waals surface area contributed by atoms with Crippen LogP contribution >= 0.6 is 0 Å². The number of carbonyl (C=O) groups is 1. The molecule has 2 fully saturated rings. The highest BCUT2D eigenvalue weighted by Gasteiger charge is 2.31. The molecule has 0 unspecified atom stereocenters. The van der Waals surface area contributed by atoms with Crippen LogP contribution in [0.2, 0.25) is 0 Å². The molecular formula is C12H23N3O4S. The maximum Gasteiger partial charge on any atom is 0.315 e. The first-order valence-corrected chi connectivity index (χ1v) is 8.90. The molecule has 20 heavy (non-hydrogen) atoms. The lowest BCUT2D eigenvalue weighted by atomic mass is 10.1. The first kappa shape index (κ1) is 15.5. The highest BCUT2D eigenvalue weighted by Crippen LogP contribution is 2.19. The number of amides is 2. The normalized spacial score (nSPS) is 28.2. The number of hydrogen-bond acceptors (Lipinski definition) is 4. The van der Waals surface area contributed by atoms with Gasteiger partial charge in [0.25, 0.3) is 0 Å². The Labute approximate surface area is 120 Å². The lowest BCUT2D eigenvalue weighted by molar-refractivity contribution is 0.0731. The number of rotatable bonds is 4. The number of ether oxygens (including phenoxy) is 1. The summed E-state index contributed by atoms with van der Waals surface area (Å²) in [5.74, 6) is 0. The van der Waals surface area contributed by atoms with Crippen LogP contribution in [0.15, 0.2) is 0 Å². The molecule has 2 saturated heterocycles. The van der Waals surface area contributed by atoms with Crippen LogP contribution in [0.3, 0.4) is 0 Å². The van der Waals surface area contributed by atoms with Crippen molar-refractivity contribution in [3.05, 3.63) is 0 Å². The zero-order valence-corrected chi connectivity index (χ0v) is 12.6. The Bertz CT molecular complexity index is 434. The molecule has 2 atom stereocenters. The number of sulfonamides is 1. The zero-order valence-electron chi connectivity index (χ0n) is 11.8. The second-order valence-corrected chi connectivity index (χ2v) is 7.37. The van der Waals surface area contributed by atoms with Crippen molar-refractivity contribution in [3.63, 3.8) is 0 Å². The van der Waals surface area contributed by atoms with E-state index >= 15 is 0 Å². The number of nitrogens with zero attached hydrogens (tertiary/aromatic N) is 1. The summed E-state index contributed by atoms with van der Waals surface area (Å²) in [5, 5.41) is 5.62. The molecule has 2 N–H and O–H groups in total. The van der Waals surface area contributed by atoms with Gasteiger partial charge in [0.15, 0.2) is 0 Å². The number of hydrogen-bond donors (Lipinski definition) is 2. The van der Waals surface area contributed by atoms with Crippen LogP contribution in [0.4, 0.5) is 4.79 Å². The van der Waals surface area contributed by atoms with Gasteiger partial charge in [0.1, 0.15) is 0 Å². The second kappa shape index (κ2) is 6.73. The lowest BCUT2D eigenvalue weighted by Gasteiger charge is -2.25. The molecule has 0 saturated carbocycles. The zero-order chi connectivity index (χ0) is 14.6. The highest BCUT2D eigenvalue weighted by atomic mass is 32.2. The highest BCUT2D eigenvalue weighted by molar-refractivity contribution is 7.88. The molecule has 0 aromatic carbocycles. The summed E-state index contributed by atoms with van der Waals surface area (Å²) >= 11 is 0. The van der Waals surface area contributed by atoms with E-state index in [-0.39, 0.29) is 18.1 Å². The standard InChI is InChI=1S/C12H23N3O4S/c1-20(17,18)15-6-2-5-11(15)8-13-12(16)14-10-4-3-7-19-9-10/h10-11H,2-9H2,1H3,(H2,13,14,16)/t10-,11-/m1/s1. The van der Waals surface area contributed by atoms with Gasteiger partial charge in [-0.05, 0) is 25.7 Å². The van der Waals surface area contributed by atoms with Crippen molar-refractivity contribution in [2.75, 3.05) is 32.6 Å². The average Bonchev–Trinajstić information content (AvgIpc) is 2.86. The molecule has 8 heteroatoms. The molecule has 2 aliphatic heterocycles. The lowest BCUT2D eigenvalue weighted by Crippen LogP contribution is -2.49. The molecule has 7 nitrogen and oxygen atoms in total. The predicted molar refractivity (Wildman–Crippen MR) is 74.9 cm³/mol. The Hall–Kier alpha value is -0.860. The van der Waals surface area contributed by atoms with Crippen molar-refractivity contribution in [3.8, 4) is 0 Å². The Morgan fingerprint density at radius 2 is 2.15 bits per heavy atom. The first-order chi connectivity index (χ1) is 9.47. The molecule has 2 aliphatic rings. The van der Waals surface area contributed by atoms with Gasteiger partial charge in [-0.25, -0.2) is 13.2 Å². The topological polar surface area (TPSA) is 87.7 Å². The fourth-order valence-corrected chi connectivity index (χ4v) is 3.93. The third kappa shape index (κ3) is 4.32. The summed E-state index contributed by atoms with van der Waals surface area (Å²) in [5.41, 5.74) is 0. The molecule has 0 aromatic rings. The van der Waals surface area contributed by atoms with Crippen LogP contribution in [0.1, 0.15) is 25.7 Å². The average molecular weight is 305 g/mol. The van der Waals surface area contributed by atoms with Gasteiger partial charge in [0.2, 0.25) is 10.0 Å². The van der Waals surface area contributed by atoms with E-state index in [2.05, 4.69) is 10.6 Å². The molecule has 0 bridgehead atoms. The molecule has 2 heterocycles. The molecule has 0 radical (unpaired) electrons. The van der Waals surface area contributed by atoms with E-state index in [1.54, 1.807) is 0 Å². The van der Waals surface area contributed by atoms with Crippen molar-refractivity contribution < 1.29 is 17.9 Å². The van der Waals surface area contributed by atoms with E-state index in [9.17, 15) is 13.2 Å². The summed E-state index contributed by atoms with van der Waals surface area (Å²) in [6.07, 6.45) is 4.73. The van der Waals surface area contributed by atoms with Gasteiger partial charge < -0.3 is 15.4 Å². The minimum Gasteiger partial charge on any atom is -0.379 e. The quantitative estimate of drug-likeness (QED) is 0.758. The summed E-state index contributed by atoms with van der Waals surface area (Å²) in [6.45, 7) is 2.20. The van der Waals surface area contributed by atoms with Crippen LogP contribution in [0, 0.1) is 0 Å². The van der Waals surface area contributed by atoms with E-state index in [0.717, 1.165) is 32.3 Å². The van der Waals surface area contributed by atoms with Crippen LogP contribution in [-0.4, -0.2) is 63.4 Å².